The first-order chi connectivity index (χ1) is 5.49. The number of carboxylic acids is 2. The predicted molar refractivity (Wildman–Crippen MR) is 37.9 cm³/mol. The number of carbonyl (C=O) groups is 3. The molecule has 0 atom stereocenters. The second-order valence-corrected chi connectivity index (χ2v) is 2.08. The average Bonchev–Trinajstić information content (AvgIpc) is 1.98. The van der Waals surface area contributed by atoms with E-state index in [0.717, 1.165) is 0 Å². The van der Waals surface area contributed by atoms with Gasteiger partial charge in [-0.1, -0.05) is 0 Å². The highest BCUT2D eigenvalue weighted by atomic mass is 35.5. The van der Waals surface area contributed by atoms with Crippen LogP contribution in [-0.2, 0) is 14.4 Å². The Morgan fingerprint density at radius 2 is 1.67 bits per heavy atom. The van der Waals surface area contributed by atoms with E-state index >= 15 is 0 Å². The first-order valence-electron chi connectivity index (χ1n) is 2.80. The van der Waals surface area contributed by atoms with Crippen molar-refractivity contribution in [3.05, 3.63) is 0 Å². The fourth-order valence-electron chi connectivity index (χ4n) is 0.429. The molecule has 0 aromatic carbocycles. The summed E-state index contributed by atoms with van der Waals surface area (Å²) in [5.41, 5.74) is 0. The van der Waals surface area contributed by atoms with Gasteiger partial charge in [0.25, 0.3) is 0 Å². The number of hydrogen-bond acceptors (Lipinski definition) is 3. The van der Waals surface area contributed by atoms with E-state index in [9.17, 15) is 14.4 Å². The highest BCUT2D eigenvalue weighted by Gasteiger charge is 2.26. The summed E-state index contributed by atoms with van der Waals surface area (Å²) in [6.07, 6.45) is 0. The summed E-state index contributed by atoms with van der Waals surface area (Å²) in [5.74, 6) is -4.59. The van der Waals surface area contributed by atoms with Crippen molar-refractivity contribution in [1.29, 1.82) is 0 Å². The molecule has 12 heavy (non-hydrogen) atoms. The van der Waals surface area contributed by atoms with Gasteiger partial charge in [-0.25, -0.2) is 9.59 Å². The van der Waals surface area contributed by atoms with Gasteiger partial charge in [-0.05, 0) is 0 Å². The SMILES string of the molecule is O=C(CCl)NC(C(=O)O)C(=O)O. The van der Waals surface area contributed by atoms with Crippen LogP contribution in [0.15, 0.2) is 0 Å². The van der Waals surface area contributed by atoms with Gasteiger partial charge in [0.15, 0.2) is 0 Å². The number of aliphatic carboxylic acids is 2. The molecule has 3 N–H and O–H groups in total. The maximum atomic E-state index is 10.5. The number of amides is 1. The van der Waals surface area contributed by atoms with Crippen molar-refractivity contribution in [2.24, 2.45) is 0 Å². The van der Waals surface area contributed by atoms with Gasteiger partial charge >= 0.3 is 11.9 Å². The second kappa shape index (κ2) is 4.55. The average molecular weight is 196 g/mol. The molecule has 0 aromatic rings. The number of nitrogens with one attached hydrogen (secondary N) is 1. The van der Waals surface area contributed by atoms with Crippen LogP contribution in [0.1, 0.15) is 0 Å². The first-order valence-corrected chi connectivity index (χ1v) is 3.33. The molecule has 0 aliphatic rings. The van der Waals surface area contributed by atoms with Crippen LogP contribution in [0.4, 0.5) is 0 Å². The molecule has 0 aliphatic carbocycles. The van der Waals surface area contributed by atoms with Crippen LogP contribution in [-0.4, -0.2) is 40.0 Å². The Morgan fingerprint density at radius 3 is 1.92 bits per heavy atom. The normalized spacial score (nSPS) is 9.50. The minimum absolute atomic E-state index is 0.475. The van der Waals surface area contributed by atoms with E-state index in [2.05, 4.69) is 0 Å². The Labute approximate surface area is 72.1 Å². The lowest BCUT2D eigenvalue weighted by Gasteiger charge is -2.07. The predicted octanol–water partition coefficient (Wildman–Crippen LogP) is -1.12. The number of hydrogen-bond donors (Lipinski definition) is 3. The van der Waals surface area contributed by atoms with E-state index in [1.54, 1.807) is 5.32 Å². The molecular weight excluding hydrogens is 190 g/mol. The smallest absolute Gasteiger partial charge is 0.338 e. The van der Waals surface area contributed by atoms with Crippen LogP contribution in [0.5, 0.6) is 0 Å². The number of rotatable bonds is 4. The van der Waals surface area contributed by atoms with Crippen LogP contribution in [0.25, 0.3) is 0 Å². The Hall–Kier alpha value is -1.30. The Kier molecular flexibility index (Phi) is 4.06. The number of carboxylic acid groups (broad SMARTS) is 2. The molecular formula is C5H6ClNO5. The zero-order chi connectivity index (χ0) is 9.72. The first kappa shape index (κ1) is 10.7. The third-order valence-electron chi connectivity index (χ3n) is 0.921. The van der Waals surface area contributed by atoms with Crippen LogP contribution < -0.4 is 5.32 Å². The van der Waals surface area contributed by atoms with Crippen molar-refractivity contribution in [3.63, 3.8) is 0 Å². The summed E-state index contributed by atoms with van der Waals surface area (Å²) in [5, 5.41) is 18.2. The maximum Gasteiger partial charge on any atom is 0.338 e. The standard InChI is InChI=1S/C5H6ClNO5/c6-1-2(8)7-3(4(9)10)5(11)12/h3H,1H2,(H,7,8)(H,9,10)(H,11,12). The Bertz CT molecular complexity index is 202. The molecule has 0 fully saturated rings. The number of carbonyl (C=O) groups excluding carboxylic acids is 1. The lowest BCUT2D eigenvalue weighted by atomic mass is 10.3. The van der Waals surface area contributed by atoms with Gasteiger partial charge in [-0.3, -0.25) is 4.79 Å². The van der Waals surface area contributed by atoms with Gasteiger partial charge in [-0.2, -0.15) is 0 Å². The molecule has 1 amide bonds. The molecule has 0 saturated carbocycles. The number of halogens is 1. The zero-order valence-corrected chi connectivity index (χ0v) is 6.54. The van der Waals surface area contributed by atoms with Gasteiger partial charge in [0.2, 0.25) is 11.9 Å². The second-order valence-electron chi connectivity index (χ2n) is 1.81. The molecule has 0 heterocycles. The van der Waals surface area contributed by atoms with Crippen molar-refractivity contribution >= 4 is 29.4 Å². The third-order valence-corrected chi connectivity index (χ3v) is 1.16. The van der Waals surface area contributed by atoms with Gasteiger partial charge in [0.1, 0.15) is 5.88 Å². The number of alkyl halides is 1. The molecule has 7 heteroatoms. The molecule has 0 aliphatic heterocycles. The molecule has 0 bridgehead atoms. The largest absolute Gasteiger partial charge is 0.479 e. The highest BCUT2D eigenvalue weighted by molar-refractivity contribution is 6.27. The van der Waals surface area contributed by atoms with E-state index in [1.807, 2.05) is 0 Å². The minimum Gasteiger partial charge on any atom is -0.479 e. The van der Waals surface area contributed by atoms with Gasteiger partial charge in [0.05, 0.1) is 0 Å². The van der Waals surface area contributed by atoms with E-state index in [-0.39, 0.29) is 0 Å². The van der Waals surface area contributed by atoms with Crippen molar-refractivity contribution in [3.8, 4) is 0 Å². The Balaban J connectivity index is 4.24. The molecule has 0 rings (SSSR count). The van der Waals surface area contributed by atoms with Crippen LogP contribution in [0, 0.1) is 0 Å². The molecule has 0 unspecified atom stereocenters. The summed E-state index contributed by atoms with van der Waals surface area (Å²) in [4.78, 5) is 30.8. The summed E-state index contributed by atoms with van der Waals surface area (Å²) in [6, 6.07) is -1.93. The van der Waals surface area contributed by atoms with Crippen molar-refractivity contribution in [1.82, 2.24) is 5.32 Å². The lowest BCUT2D eigenvalue weighted by molar-refractivity contribution is -0.152. The van der Waals surface area contributed by atoms with Gasteiger partial charge in [-0.15, -0.1) is 11.6 Å². The molecule has 0 saturated heterocycles. The topological polar surface area (TPSA) is 104 Å². The molecule has 0 spiro atoms. The molecule has 68 valence electrons. The molecule has 0 aromatic heterocycles. The summed E-state index contributed by atoms with van der Waals surface area (Å²) >= 11 is 5.01. The summed E-state index contributed by atoms with van der Waals surface area (Å²) < 4.78 is 0. The Morgan fingerprint density at radius 1 is 1.25 bits per heavy atom. The highest BCUT2D eigenvalue weighted by Crippen LogP contribution is 1.85. The van der Waals surface area contributed by atoms with Crippen LogP contribution in [0.3, 0.4) is 0 Å². The van der Waals surface area contributed by atoms with Crippen LogP contribution >= 0.6 is 11.6 Å². The quantitative estimate of drug-likeness (QED) is 0.389. The van der Waals surface area contributed by atoms with E-state index in [0.29, 0.717) is 0 Å². The fraction of sp³-hybridized carbons (Fsp3) is 0.400. The third kappa shape index (κ3) is 3.20. The zero-order valence-electron chi connectivity index (χ0n) is 5.78. The van der Waals surface area contributed by atoms with E-state index in [4.69, 9.17) is 21.8 Å². The van der Waals surface area contributed by atoms with E-state index < -0.39 is 29.8 Å². The van der Waals surface area contributed by atoms with Crippen molar-refractivity contribution < 1.29 is 24.6 Å². The van der Waals surface area contributed by atoms with Crippen LogP contribution in [0.2, 0.25) is 0 Å². The summed E-state index contributed by atoms with van der Waals surface area (Å²) in [7, 11) is 0. The van der Waals surface area contributed by atoms with Crippen molar-refractivity contribution in [2.75, 3.05) is 5.88 Å². The molecule has 6 nitrogen and oxygen atoms in total. The maximum absolute atomic E-state index is 10.5. The minimum atomic E-state index is -1.93. The summed E-state index contributed by atoms with van der Waals surface area (Å²) in [6.45, 7) is 0. The molecule has 0 radical (unpaired) electrons. The van der Waals surface area contributed by atoms with Gasteiger partial charge in [0, 0.05) is 0 Å². The van der Waals surface area contributed by atoms with E-state index in [1.165, 1.54) is 0 Å². The fourth-order valence-corrected chi connectivity index (χ4v) is 0.506. The lowest BCUT2D eigenvalue weighted by Crippen LogP contribution is -2.46. The van der Waals surface area contributed by atoms with Gasteiger partial charge < -0.3 is 15.5 Å². The van der Waals surface area contributed by atoms with Crippen molar-refractivity contribution in [2.45, 2.75) is 6.04 Å². The monoisotopic (exact) mass is 195 g/mol.